The summed E-state index contributed by atoms with van der Waals surface area (Å²) in [4.78, 5) is 38.7. The predicted molar refractivity (Wildman–Crippen MR) is 125 cm³/mol. The van der Waals surface area contributed by atoms with E-state index < -0.39 is 33.3 Å². The molecule has 4 N–H and O–H groups in total. The third-order valence-electron chi connectivity index (χ3n) is 4.92. The standard InChI is InChI=1S/C22H26N4O6S/c1-22(2,3)17-12-15(26-18(27)9-10-23-21(26)30)11-16(19(17)28)20(29)24-13-5-7-14(8-6-13)25-33(4,31)32/h5-8,11-12,25,28H,9-10H2,1-4H3,(H,23,30)(H,24,29). The number of sulfonamides is 1. The normalized spacial score (nSPS) is 14.6. The van der Waals surface area contributed by atoms with Crippen LogP contribution in [0.4, 0.5) is 21.9 Å². The summed E-state index contributed by atoms with van der Waals surface area (Å²) < 4.78 is 25.0. The number of hydrogen-bond acceptors (Lipinski definition) is 6. The number of imide groups is 1. The highest BCUT2D eigenvalue weighted by atomic mass is 32.2. The Balaban J connectivity index is 1.98. The number of nitrogens with zero attached hydrogens (tertiary/aromatic N) is 1. The second-order valence-corrected chi connectivity index (χ2v) is 10.5. The van der Waals surface area contributed by atoms with Gasteiger partial charge in [-0.2, -0.15) is 0 Å². The summed E-state index contributed by atoms with van der Waals surface area (Å²) in [6.45, 7) is 5.73. The fourth-order valence-corrected chi connectivity index (χ4v) is 3.93. The number of hydrogen-bond donors (Lipinski definition) is 4. The van der Waals surface area contributed by atoms with Crippen LogP contribution in [-0.4, -0.2) is 44.2 Å². The predicted octanol–water partition coefficient (Wildman–Crippen LogP) is 2.76. The van der Waals surface area contributed by atoms with Crippen molar-refractivity contribution in [3.63, 3.8) is 0 Å². The van der Waals surface area contributed by atoms with Crippen LogP contribution in [0.2, 0.25) is 0 Å². The Labute approximate surface area is 192 Å². The number of phenolic OH excluding ortho intramolecular Hbond substituents is 1. The first-order valence-electron chi connectivity index (χ1n) is 10.1. The van der Waals surface area contributed by atoms with Crippen LogP contribution in [0.25, 0.3) is 0 Å². The molecule has 4 amide bonds. The van der Waals surface area contributed by atoms with Gasteiger partial charge in [-0.15, -0.1) is 0 Å². The van der Waals surface area contributed by atoms with Gasteiger partial charge >= 0.3 is 6.03 Å². The van der Waals surface area contributed by atoms with Gasteiger partial charge in [-0.25, -0.2) is 18.1 Å². The largest absolute Gasteiger partial charge is 0.507 e. The summed E-state index contributed by atoms with van der Waals surface area (Å²) in [6, 6.07) is 8.17. The van der Waals surface area contributed by atoms with E-state index in [9.17, 15) is 27.9 Å². The molecule has 0 aromatic heterocycles. The molecule has 0 spiro atoms. The quantitative estimate of drug-likeness (QED) is 0.524. The van der Waals surface area contributed by atoms with Crippen molar-refractivity contribution >= 4 is 44.9 Å². The number of rotatable bonds is 5. The van der Waals surface area contributed by atoms with E-state index in [0.717, 1.165) is 11.2 Å². The number of phenols is 1. The molecule has 0 aliphatic carbocycles. The van der Waals surface area contributed by atoms with Crippen LogP contribution in [0.3, 0.4) is 0 Å². The van der Waals surface area contributed by atoms with Gasteiger partial charge in [0, 0.05) is 29.9 Å². The van der Waals surface area contributed by atoms with Gasteiger partial charge in [-0.05, 0) is 41.8 Å². The van der Waals surface area contributed by atoms with E-state index in [2.05, 4.69) is 15.4 Å². The number of anilines is 3. The summed E-state index contributed by atoms with van der Waals surface area (Å²) >= 11 is 0. The summed E-state index contributed by atoms with van der Waals surface area (Å²) in [5.41, 5.74) is 0.547. The molecule has 2 aromatic carbocycles. The van der Waals surface area contributed by atoms with Gasteiger partial charge in [0.2, 0.25) is 15.9 Å². The second-order valence-electron chi connectivity index (χ2n) is 8.76. The highest BCUT2D eigenvalue weighted by molar-refractivity contribution is 7.92. The number of aromatic hydroxyl groups is 1. The van der Waals surface area contributed by atoms with E-state index in [1.54, 1.807) is 0 Å². The fourth-order valence-electron chi connectivity index (χ4n) is 3.37. The summed E-state index contributed by atoms with van der Waals surface area (Å²) in [6.07, 6.45) is 1.14. The molecule has 33 heavy (non-hydrogen) atoms. The Morgan fingerprint density at radius 2 is 1.70 bits per heavy atom. The highest BCUT2D eigenvalue weighted by Crippen LogP contribution is 2.38. The number of nitrogens with one attached hydrogen (secondary N) is 3. The molecule has 1 fully saturated rings. The van der Waals surface area contributed by atoms with E-state index >= 15 is 0 Å². The molecule has 1 saturated heterocycles. The van der Waals surface area contributed by atoms with Crippen LogP contribution in [0.5, 0.6) is 5.75 Å². The first kappa shape index (κ1) is 24.1. The first-order valence-corrected chi connectivity index (χ1v) is 12.0. The molecule has 2 aromatic rings. The van der Waals surface area contributed by atoms with Crippen molar-refractivity contribution in [3.8, 4) is 5.75 Å². The molecule has 0 saturated carbocycles. The Bertz CT molecular complexity index is 1200. The van der Waals surface area contributed by atoms with Crippen molar-refractivity contribution in [1.82, 2.24) is 5.32 Å². The van der Waals surface area contributed by atoms with Crippen molar-refractivity contribution in [2.24, 2.45) is 0 Å². The molecule has 0 radical (unpaired) electrons. The number of urea groups is 1. The first-order chi connectivity index (χ1) is 15.3. The van der Waals surface area contributed by atoms with E-state index in [4.69, 9.17) is 0 Å². The smallest absolute Gasteiger partial charge is 0.328 e. The average Bonchev–Trinajstić information content (AvgIpc) is 2.68. The minimum absolute atomic E-state index is 0.109. The number of amides is 4. The second kappa shape index (κ2) is 8.74. The fraction of sp³-hybridized carbons (Fsp3) is 0.318. The van der Waals surface area contributed by atoms with Crippen molar-refractivity contribution in [2.75, 3.05) is 27.7 Å². The van der Waals surface area contributed by atoms with Gasteiger partial charge in [-0.1, -0.05) is 20.8 Å². The maximum absolute atomic E-state index is 13.0. The summed E-state index contributed by atoms with van der Waals surface area (Å²) in [5.74, 6) is -1.33. The molecule has 11 heteroatoms. The average molecular weight is 475 g/mol. The minimum Gasteiger partial charge on any atom is -0.507 e. The molecule has 0 unspecified atom stereocenters. The van der Waals surface area contributed by atoms with Gasteiger partial charge in [0.05, 0.1) is 17.5 Å². The Morgan fingerprint density at radius 3 is 2.24 bits per heavy atom. The highest BCUT2D eigenvalue weighted by Gasteiger charge is 2.31. The molecule has 10 nitrogen and oxygen atoms in total. The molecule has 3 rings (SSSR count). The topological polar surface area (TPSA) is 145 Å². The lowest BCUT2D eigenvalue weighted by Gasteiger charge is -2.29. The Kier molecular flexibility index (Phi) is 6.37. The molecular formula is C22H26N4O6S. The molecule has 0 atom stereocenters. The molecule has 176 valence electrons. The van der Waals surface area contributed by atoms with Crippen molar-refractivity contribution in [1.29, 1.82) is 0 Å². The van der Waals surface area contributed by atoms with E-state index in [0.29, 0.717) is 16.9 Å². The lowest BCUT2D eigenvalue weighted by Crippen LogP contribution is -2.50. The number of carbonyl (C=O) groups excluding carboxylic acids is 3. The minimum atomic E-state index is -3.44. The van der Waals surface area contributed by atoms with Gasteiger partial charge in [0.1, 0.15) is 5.75 Å². The third-order valence-corrected chi connectivity index (χ3v) is 5.53. The van der Waals surface area contributed by atoms with Gasteiger partial charge < -0.3 is 15.7 Å². The SMILES string of the molecule is CC(C)(C)c1cc(N2C(=O)CCNC2=O)cc(C(=O)Nc2ccc(NS(C)(=O)=O)cc2)c1O. The maximum Gasteiger partial charge on any atom is 0.328 e. The van der Waals surface area contributed by atoms with Crippen molar-refractivity contribution in [2.45, 2.75) is 32.6 Å². The Hall–Kier alpha value is -3.60. The van der Waals surface area contributed by atoms with E-state index in [1.807, 2.05) is 20.8 Å². The van der Waals surface area contributed by atoms with Gasteiger partial charge in [-0.3, -0.25) is 14.3 Å². The van der Waals surface area contributed by atoms with Crippen LogP contribution < -0.4 is 20.3 Å². The van der Waals surface area contributed by atoms with Crippen molar-refractivity contribution in [3.05, 3.63) is 47.5 Å². The van der Waals surface area contributed by atoms with Crippen LogP contribution in [0.15, 0.2) is 36.4 Å². The molecule has 1 aliphatic rings. The zero-order valence-electron chi connectivity index (χ0n) is 18.7. The van der Waals surface area contributed by atoms with Gasteiger partial charge in [0.15, 0.2) is 0 Å². The van der Waals surface area contributed by atoms with Crippen LogP contribution >= 0.6 is 0 Å². The van der Waals surface area contributed by atoms with Crippen LogP contribution in [0.1, 0.15) is 43.1 Å². The lowest BCUT2D eigenvalue weighted by molar-refractivity contribution is -0.118. The zero-order chi connectivity index (χ0) is 24.6. The monoisotopic (exact) mass is 474 g/mol. The summed E-state index contributed by atoms with van der Waals surface area (Å²) in [5, 5.41) is 16.1. The van der Waals surface area contributed by atoms with Crippen LogP contribution in [0, 0.1) is 0 Å². The maximum atomic E-state index is 13.0. The van der Waals surface area contributed by atoms with E-state index in [-0.39, 0.29) is 30.0 Å². The Morgan fingerprint density at radius 1 is 1.09 bits per heavy atom. The van der Waals surface area contributed by atoms with Crippen molar-refractivity contribution < 1.29 is 27.9 Å². The molecule has 1 heterocycles. The third kappa shape index (κ3) is 5.61. The van der Waals surface area contributed by atoms with Gasteiger partial charge in [0.25, 0.3) is 5.91 Å². The molecule has 0 bridgehead atoms. The number of benzene rings is 2. The molecular weight excluding hydrogens is 448 g/mol. The lowest BCUT2D eigenvalue weighted by atomic mass is 9.84. The zero-order valence-corrected chi connectivity index (χ0v) is 19.5. The summed E-state index contributed by atoms with van der Waals surface area (Å²) in [7, 11) is -3.44. The molecule has 1 aliphatic heterocycles. The number of carbonyl (C=O) groups is 3. The van der Waals surface area contributed by atoms with Crippen LogP contribution in [-0.2, 0) is 20.2 Å². The van der Waals surface area contributed by atoms with E-state index in [1.165, 1.54) is 36.4 Å².